The number of aromatic amines is 1. The summed E-state index contributed by atoms with van der Waals surface area (Å²) in [7, 11) is 0. The summed E-state index contributed by atoms with van der Waals surface area (Å²) in [5.41, 5.74) is 4.34. The number of amides is 1. The predicted octanol–water partition coefficient (Wildman–Crippen LogP) is 5.50. The molecule has 1 fully saturated rings. The van der Waals surface area contributed by atoms with E-state index < -0.39 is 0 Å². The zero-order valence-corrected chi connectivity index (χ0v) is 23.5. The number of anilines is 2. The van der Waals surface area contributed by atoms with Crippen molar-refractivity contribution in [2.24, 2.45) is 0 Å². The molecule has 1 aromatic carbocycles. The smallest absolute Gasteiger partial charge is 0.255 e. The van der Waals surface area contributed by atoms with E-state index >= 15 is 0 Å². The normalized spacial score (nSPS) is 15.3. The molecule has 41 heavy (non-hydrogen) atoms. The Kier molecular flexibility index (Phi) is 7.08. The highest BCUT2D eigenvalue weighted by atomic mass is 32.1. The average Bonchev–Trinajstić information content (AvgIpc) is 3.78. The standard InChI is InChI=1S/C31H31N7O2S/c39-30(21-4-3-11-32-19-21)38-15-10-26-22(20-38)18-27(41-26)28-25-9-12-33-29(25)36-31(35-28)34-23-5-7-24(8-6-23)40-17-16-37-13-1-2-14-37/h3-9,11-12,18-19H,1-2,10,13-17,20H2,(H2,33,34,35,36). The molecule has 0 unspecified atom stereocenters. The van der Waals surface area contributed by atoms with E-state index in [1.807, 2.05) is 47.5 Å². The maximum Gasteiger partial charge on any atom is 0.255 e. The van der Waals surface area contributed by atoms with Gasteiger partial charge in [-0.1, -0.05) is 0 Å². The van der Waals surface area contributed by atoms with Crippen molar-refractivity contribution in [2.75, 3.05) is 38.1 Å². The number of fused-ring (bicyclic) bond motifs is 2. The number of H-pyrrole nitrogens is 1. The van der Waals surface area contributed by atoms with Crippen LogP contribution in [0.2, 0.25) is 0 Å². The van der Waals surface area contributed by atoms with Crippen molar-refractivity contribution in [1.29, 1.82) is 0 Å². The summed E-state index contributed by atoms with van der Waals surface area (Å²) in [6, 6.07) is 15.7. The third-order valence-electron chi connectivity index (χ3n) is 7.70. The number of aromatic nitrogens is 4. The molecule has 0 radical (unpaired) electrons. The topological polar surface area (TPSA) is 99.3 Å². The number of hydrogen-bond donors (Lipinski definition) is 2. The molecule has 9 nitrogen and oxygen atoms in total. The van der Waals surface area contributed by atoms with E-state index in [0.29, 0.717) is 31.2 Å². The summed E-state index contributed by atoms with van der Waals surface area (Å²) in [6.07, 6.45) is 8.61. The highest BCUT2D eigenvalue weighted by molar-refractivity contribution is 7.15. The molecule has 1 saturated heterocycles. The molecule has 0 spiro atoms. The van der Waals surface area contributed by atoms with Gasteiger partial charge in [0, 0.05) is 54.2 Å². The largest absolute Gasteiger partial charge is 0.492 e. The number of benzene rings is 1. The zero-order chi connectivity index (χ0) is 27.6. The van der Waals surface area contributed by atoms with E-state index in [-0.39, 0.29) is 5.91 Å². The van der Waals surface area contributed by atoms with Crippen LogP contribution in [0.3, 0.4) is 0 Å². The fourth-order valence-electron chi connectivity index (χ4n) is 5.54. The van der Waals surface area contributed by atoms with Gasteiger partial charge >= 0.3 is 0 Å². The SMILES string of the molecule is O=C(c1cccnc1)N1CCc2sc(-c3nc(Nc4ccc(OCCN5CCCC5)cc4)nc4[nH]ccc34)cc2C1. The van der Waals surface area contributed by atoms with Gasteiger partial charge in [0.05, 0.1) is 16.1 Å². The number of rotatable bonds is 8. The Morgan fingerprint density at radius 3 is 2.78 bits per heavy atom. The Labute approximate surface area is 242 Å². The third kappa shape index (κ3) is 5.53. The lowest BCUT2D eigenvalue weighted by atomic mass is 10.1. The monoisotopic (exact) mass is 565 g/mol. The van der Waals surface area contributed by atoms with Crippen LogP contribution in [-0.4, -0.2) is 68.4 Å². The van der Waals surface area contributed by atoms with Crippen LogP contribution >= 0.6 is 11.3 Å². The average molecular weight is 566 g/mol. The number of nitrogens with one attached hydrogen (secondary N) is 2. The second kappa shape index (κ2) is 11.3. The van der Waals surface area contributed by atoms with E-state index in [2.05, 4.69) is 26.3 Å². The minimum Gasteiger partial charge on any atom is -0.492 e. The molecular formula is C31H31N7O2S. The van der Waals surface area contributed by atoms with Crippen molar-refractivity contribution < 1.29 is 9.53 Å². The summed E-state index contributed by atoms with van der Waals surface area (Å²) in [4.78, 5) is 36.7. The first-order valence-electron chi connectivity index (χ1n) is 14.1. The fraction of sp³-hybridized carbons (Fsp3) is 0.290. The molecule has 0 aliphatic carbocycles. The van der Waals surface area contributed by atoms with Crippen molar-refractivity contribution in [3.8, 4) is 16.3 Å². The molecule has 7 rings (SSSR count). The predicted molar refractivity (Wildman–Crippen MR) is 161 cm³/mol. The molecule has 0 saturated carbocycles. The van der Waals surface area contributed by atoms with Crippen molar-refractivity contribution in [3.63, 3.8) is 0 Å². The number of likely N-dealkylation sites (tertiary alicyclic amines) is 1. The van der Waals surface area contributed by atoms with Crippen LogP contribution in [0.15, 0.2) is 67.1 Å². The molecule has 1 amide bonds. The molecule has 2 N–H and O–H groups in total. The molecule has 2 aliphatic rings. The zero-order valence-electron chi connectivity index (χ0n) is 22.7. The second-order valence-electron chi connectivity index (χ2n) is 10.5. The number of pyridine rings is 1. The lowest BCUT2D eigenvalue weighted by molar-refractivity contribution is 0.0735. The van der Waals surface area contributed by atoms with Crippen molar-refractivity contribution >= 4 is 39.9 Å². The van der Waals surface area contributed by atoms with Gasteiger partial charge in [-0.25, -0.2) is 4.98 Å². The number of ether oxygens (including phenoxy) is 1. The van der Waals surface area contributed by atoms with Gasteiger partial charge in [0.2, 0.25) is 5.95 Å². The minimum atomic E-state index is 0.0149. The first-order chi connectivity index (χ1) is 20.2. The van der Waals surface area contributed by atoms with Gasteiger partial charge in [0.25, 0.3) is 5.91 Å². The Bertz CT molecular complexity index is 1660. The van der Waals surface area contributed by atoms with Gasteiger partial charge in [-0.05, 0) is 86.4 Å². The number of thiophene rings is 1. The van der Waals surface area contributed by atoms with Gasteiger partial charge in [0.1, 0.15) is 18.0 Å². The number of nitrogens with zero attached hydrogens (tertiary/aromatic N) is 5. The van der Waals surface area contributed by atoms with Crippen LogP contribution in [0.25, 0.3) is 21.6 Å². The van der Waals surface area contributed by atoms with Crippen LogP contribution in [-0.2, 0) is 13.0 Å². The van der Waals surface area contributed by atoms with Gasteiger partial charge in [0.15, 0.2) is 0 Å². The van der Waals surface area contributed by atoms with Crippen molar-refractivity contribution in [1.82, 2.24) is 29.7 Å². The van der Waals surface area contributed by atoms with Crippen LogP contribution in [0, 0.1) is 0 Å². The number of carbonyl (C=O) groups excluding carboxylic acids is 1. The molecule has 4 aromatic heterocycles. The second-order valence-corrected chi connectivity index (χ2v) is 11.6. The van der Waals surface area contributed by atoms with Gasteiger partial charge < -0.3 is 19.9 Å². The van der Waals surface area contributed by atoms with Crippen LogP contribution < -0.4 is 10.1 Å². The molecule has 5 aromatic rings. The maximum atomic E-state index is 13.0. The molecule has 208 valence electrons. The van der Waals surface area contributed by atoms with Crippen LogP contribution in [0.1, 0.15) is 33.6 Å². The highest BCUT2D eigenvalue weighted by Gasteiger charge is 2.25. The first kappa shape index (κ1) is 25.7. The molecular weight excluding hydrogens is 534 g/mol. The van der Waals surface area contributed by atoms with E-state index in [1.165, 1.54) is 36.4 Å². The fourth-order valence-corrected chi connectivity index (χ4v) is 6.71. The summed E-state index contributed by atoms with van der Waals surface area (Å²) in [5, 5.41) is 4.34. The van der Waals surface area contributed by atoms with Gasteiger partial charge in [-0.3, -0.25) is 14.7 Å². The molecule has 0 bridgehead atoms. The summed E-state index contributed by atoms with van der Waals surface area (Å²) >= 11 is 1.75. The van der Waals surface area contributed by atoms with Crippen molar-refractivity contribution in [2.45, 2.75) is 25.8 Å². The summed E-state index contributed by atoms with van der Waals surface area (Å²) < 4.78 is 5.95. The lowest BCUT2D eigenvalue weighted by Gasteiger charge is -2.26. The third-order valence-corrected chi connectivity index (χ3v) is 8.94. The van der Waals surface area contributed by atoms with E-state index in [4.69, 9.17) is 14.7 Å². The molecule has 6 heterocycles. The van der Waals surface area contributed by atoms with Crippen LogP contribution in [0.4, 0.5) is 11.6 Å². The first-order valence-corrected chi connectivity index (χ1v) is 14.9. The van der Waals surface area contributed by atoms with E-state index in [9.17, 15) is 4.79 Å². The molecule has 10 heteroatoms. The van der Waals surface area contributed by atoms with E-state index in [0.717, 1.165) is 46.0 Å². The van der Waals surface area contributed by atoms with Gasteiger partial charge in [-0.15, -0.1) is 11.3 Å². The molecule has 2 aliphatic heterocycles. The Morgan fingerprint density at radius 1 is 1.07 bits per heavy atom. The van der Waals surface area contributed by atoms with Gasteiger partial charge in [-0.2, -0.15) is 4.98 Å². The summed E-state index contributed by atoms with van der Waals surface area (Å²) in [5.74, 6) is 1.40. The Balaban J connectivity index is 1.07. The maximum absolute atomic E-state index is 13.0. The van der Waals surface area contributed by atoms with E-state index in [1.54, 1.807) is 29.8 Å². The Morgan fingerprint density at radius 2 is 1.95 bits per heavy atom. The molecule has 0 atom stereocenters. The number of carbonyl (C=O) groups is 1. The lowest BCUT2D eigenvalue weighted by Crippen LogP contribution is -2.35. The summed E-state index contributed by atoms with van der Waals surface area (Å²) in [6.45, 7) is 5.30. The highest BCUT2D eigenvalue weighted by Crippen LogP contribution is 2.37. The van der Waals surface area contributed by atoms with Crippen LogP contribution in [0.5, 0.6) is 5.75 Å². The van der Waals surface area contributed by atoms with Crippen molar-refractivity contribution in [3.05, 3.63) is 83.1 Å². The minimum absolute atomic E-state index is 0.0149. The number of hydrogen-bond acceptors (Lipinski definition) is 8. The Hall–Kier alpha value is -4.28. The quantitative estimate of drug-likeness (QED) is 0.256.